The highest BCUT2D eigenvalue weighted by Crippen LogP contribution is 2.41. The van der Waals surface area contributed by atoms with Crippen LogP contribution in [-0.2, 0) is 6.42 Å². The van der Waals surface area contributed by atoms with Crippen molar-refractivity contribution in [2.45, 2.75) is 38.1 Å². The van der Waals surface area contributed by atoms with Crippen molar-refractivity contribution in [2.24, 2.45) is 0 Å². The summed E-state index contributed by atoms with van der Waals surface area (Å²) in [7, 11) is 0. The lowest BCUT2D eigenvalue weighted by molar-refractivity contribution is 0.421. The van der Waals surface area contributed by atoms with Gasteiger partial charge in [0.15, 0.2) is 0 Å². The highest BCUT2D eigenvalue weighted by molar-refractivity contribution is 6.31. The summed E-state index contributed by atoms with van der Waals surface area (Å²) in [5, 5.41) is 4.37. The van der Waals surface area contributed by atoms with Crippen LogP contribution < -0.4 is 5.32 Å². The first-order chi connectivity index (χ1) is 10.3. The van der Waals surface area contributed by atoms with Crippen LogP contribution in [0.2, 0.25) is 5.02 Å². The summed E-state index contributed by atoms with van der Waals surface area (Å²) in [6, 6.07) is 12.8. The van der Waals surface area contributed by atoms with Gasteiger partial charge in [0.1, 0.15) is 0 Å². The number of hydrogen-bond donors (Lipinski definition) is 1. The van der Waals surface area contributed by atoms with Crippen LogP contribution in [0.1, 0.15) is 48.5 Å². The Hall–Kier alpha value is -1.38. The van der Waals surface area contributed by atoms with Crippen LogP contribution >= 0.6 is 11.6 Å². The van der Waals surface area contributed by atoms with Gasteiger partial charge in [-0.3, -0.25) is 4.98 Å². The summed E-state index contributed by atoms with van der Waals surface area (Å²) >= 11 is 6.34. The largest absolute Gasteiger partial charge is 0.309 e. The summed E-state index contributed by atoms with van der Waals surface area (Å²) in [5.41, 5.74) is 3.97. The van der Waals surface area contributed by atoms with Gasteiger partial charge < -0.3 is 5.32 Å². The van der Waals surface area contributed by atoms with Crippen molar-refractivity contribution >= 4 is 11.6 Å². The van der Waals surface area contributed by atoms with Crippen molar-refractivity contribution in [2.75, 3.05) is 6.54 Å². The van der Waals surface area contributed by atoms with E-state index in [1.54, 1.807) is 0 Å². The highest BCUT2D eigenvalue weighted by Gasteiger charge is 2.29. The number of rotatable bonds is 6. The molecule has 110 valence electrons. The van der Waals surface area contributed by atoms with Gasteiger partial charge in [0, 0.05) is 6.20 Å². The maximum atomic E-state index is 6.34. The van der Waals surface area contributed by atoms with Gasteiger partial charge >= 0.3 is 0 Å². The topological polar surface area (TPSA) is 24.9 Å². The minimum Gasteiger partial charge on any atom is -0.309 e. The molecule has 1 aliphatic rings. The predicted molar refractivity (Wildman–Crippen MR) is 87.8 cm³/mol. The van der Waals surface area contributed by atoms with Gasteiger partial charge in [-0.25, -0.2) is 0 Å². The van der Waals surface area contributed by atoms with E-state index in [2.05, 4.69) is 41.5 Å². The molecule has 0 radical (unpaired) electrons. The fourth-order valence-corrected chi connectivity index (χ4v) is 3.38. The Morgan fingerprint density at radius 3 is 2.90 bits per heavy atom. The Labute approximate surface area is 131 Å². The molecule has 1 aromatic heterocycles. The number of fused-ring (bicyclic) bond motifs is 1. The second kappa shape index (κ2) is 6.59. The van der Waals surface area contributed by atoms with Crippen LogP contribution in [0.5, 0.6) is 0 Å². The van der Waals surface area contributed by atoms with Gasteiger partial charge in [0.2, 0.25) is 0 Å². The molecule has 21 heavy (non-hydrogen) atoms. The summed E-state index contributed by atoms with van der Waals surface area (Å²) < 4.78 is 0. The lowest BCUT2D eigenvalue weighted by Crippen LogP contribution is -2.28. The molecule has 0 bridgehead atoms. The molecule has 0 aliphatic heterocycles. The van der Waals surface area contributed by atoms with Gasteiger partial charge in [-0.15, -0.1) is 0 Å². The Morgan fingerprint density at radius 1 is 1.29 bits per heavy atom. The van der Waals surface area contributed by atoms with Crippen molar-refractivity contribution < 1.29 is 0 Å². The molecule has 3 heteroatoms. The van der Waals surface area contributed by atoms with E-state index in [1.165, 1.54) is 17.5 Å². The van der Waals surface area contributed by atoms with E-state index in [9.17, 15) is 0 Å². The van der Waals surface area contributed by atoms with Crippen LogP contribution in [0.3, 0.4) is 0 Å². The average Bonchev–Trinajstić information content (AvgIpc) is 2.49. The fraction of sp³-hybridized carbons (Fsp3) is 0.389. The number of benzene rings is 1. The molecular weight excluding hydrogens is 280 g/mol. The number of halogens is 1. The Kier molecular flexibility index (Phi) is 4.57. The van der Waals surface area contributed by atoms with E-state index < -0.39 is 0 Å². The maximum Gasteiger partial charge on any atom is 0.0759 e. The van der Waals surface area contributed by atoms with Crippen molar-refractivity contribution in [1.29, 1.82) is 0 Å². The average molecular weight is 301 g/mol. The number of nitrogens with one attached hydrogen (secondary N) is 1. The molecule has 2 unspecified atom stereocenters. The smallest absolute Gasteiger partial charge is 0.0759 e. The minimum absolute atomic E-state index is 0.233. The molecule has 2 nitrogen and oxygen atoms in total. The third kappa shape index (κ3) is 3.12. The normalized spacial score (nSPS) is 17.9. The predicted octanol–water partition coefficient (Wildman–Crippen LogP) is 4.51. The van der Waals surface area contributed by atoms with Crippen LogP contribution in [0.15, 0.2) is 42.6 Å². The number of nitrogens with zero attached hydrogens (tertiary/aromatic N) is 1. The molecule has 0 spiro atoms. The molecule has 0 fully saturated rings. The SMILES string of the molecule is CCCNC(CC1Cc2ccccc21)c1ncccc1Cl. The van der Waals surface area contributed by atoms with Crippen LogP contribution in [0, 0.1) is 0 Å². The van der Waals surface area contributed by atoms with E-state index in [-0.39, 0.29) is 6.04 Å². The standard InChI is InChI=1S/C18H21ClN2/c1-2-9-20-17(18-16(19)8-5-10-21-18)12-14-11-13-6-3-4-7-15(13)14/h3-8,10,14,17,20H,2,9,11-12H2,1H3. The van der Waals surface area contributed by atoms with Crippen LogP contribution in [-0.4, -0.2) is 11.5 Å². The molecule has 1 aromatic carbocycles. The molecule has 1 heterocycles. The Morgan fingerprint density at radius 2 is 2.14 bits per heavy atom. The first-order valence-electron chi connectivity index (χ1n) is 7.71. The summed E-state index contributed by atoms with van der Waals surface area (Å²) in [4.78, 5) is 4.50. The van der Waals surface area contributed by atoms with Crippen molar-refractivity contribution in [3.8, 4) is 0 Å². The second-order valence-electron chi connectivity index (χ2n) is 5.71. The first kappa shape index (κ1) is 14.6. The molecule has 0 amide bonds. The fourth-order valence-electron chi connectivity index (χ4n) is 3.12. The zero-order valence-corrected chi connectivity index (χ0v) is 13.1. The van der Waals surface area contributed by atoms with E-state index in [1.807, 2.05) is 18.3 Å². The molecule has 2 atom stereocenters. The summed E-state index contributed by atoms with van der Waals surface area (Å²) in [5.74, 6) is 0.619. The van der Waals surface area contributed by atoms with Crippen molar-refractivity contribution in [3.05, 3.63) is 64.4 Å². The second-order valence-corrected chi connectivity index (χ2v) is 6.12. The van der Waals surface area contributed by atoms with Gasteiger partial charge in [0.05, 0.1) is 16.8 Å². The first-order valence-corrected chi connectivity index (χ1v) is 8.09. The molecular formula is C18H21ClN2. The third-order valence-corrected chi connectivity index (χ3v) is 4.56. The van der Waals surface area contributed by atoms with Gasteiger partial charge in [-0.2, -0.15) is 0 Å². The zero-order valence-electron chi connectivity index (χ0n) is 12.3. The Bertz CT molecular complexity index is 612. The van der Waals surface area contributed by atoms with Gasteiger partial charge in [-0.05, 0) is 55.0 Å². The van der Waals surface area contributed by atoms with E-state index in [0.29, 0.717) is 5.92 Å². The monoisotopic (exact) mass is 300 g/mol. The third-order valence-electron chi connectivity index (χ3n) is 4.24. The van der Waals surface area contributed by atoms with Crippen LogP contribution in [0.4, 0.5) is 0 Å². The van der Waals surface area contributed by atoms with Gasteiger partial charge in [0.25, 0.3) is 0 Å². The molecule has 3 rings (SSSR count). The summed E-state index contributed by atoms with van der Waals surface area (Å²) in [6.07, 6.45) is 5.18. The number of hydrogen-bond acceptors (Lipinski definition) is 2. The minimum atomic E-state index is 0.233. The lowest BCUT2D eigenvalue weighted by Gasteiger charge is -2.33. The number of pyridine rings is 1. The molecule has 0 saturated carbocycles. The number of aromatic nitrogens is 1. The molecule has 2 aromatic rings. The van der Waals surface area contributed by atoms with E-state index in [4.69, 9.17) is 11.6 Å². The maximum absolute atomic E-state index is 6.34. The van der Waals surface area contributed by atoms with Gasteiger partial charge in [-0.1, -0.05) is 42.8 Å². The quantitative estimate of drug-likeness (QED) is 0.849. The molecule has 1 N–H and O–H groups in total. The highest BCUT2D eigenvalue weighted by atomic mass is 35.5. The zero-order chi connectivity index (χ0) is 14.7. The van der Waals surface area contributed by atoms with E-state index in [0.717, 1.165) is 30.1 Å². The lowest BCUT2D eigenvalue weighted by atomic mass is 9.74. The Balaban J connectivity index is 1.77. The molecule has 0 saturated heterocycles. The molecule has 1 aliphatic carbocycles. The van der Waals surface area contributed by atoms with E-state index >= 15 is 0 Å². The van der Waals surface area contributed by atoms with Crippen molar-refractivity contribution in [3.63, 3.8) is 0 Å². The van der Waals surface area contributed by atoms with Crippen LogP contribution in [0.25, 0.3) is 0 Å². The summed E-state index contributed by atoms with van der Waals surface area (Å²) in [6.45, 7) is 3.18. The van der Waals surface area contributed by atoms with Crippen molar-refractivity contribution in [1.82, 2.24) is 10.3 Å².